The monoisotopic (exact) mass is 252 g/mol. The first-order valence-corrected chi connectivity index (χ1v) is 6.36. The van der Waals surface area contributed by atoms with Crippen molar-refractivity contribution in [2.75, 3.05) is 24.3 Å². The van der Waals surface area contributed by atoms with Gasteiger partial charge in [-0.25, -0.2) is 9.37 Å². The van der Waals surface area contributed by atoms with Crippen LogP contribution in [0, 0.1) is 11.7 Å². The number of halogens is 1. The molecule has 1 saturated carbocycles. The molecule has 1 aromatic heterocycles. The third kappa shape index (κ3) is 2.25. The fourth-order valence-electron chi connectivity index (χ4n) is 2.42. The van der Waals surface area contributed by atoms with E-state index in [0.717, 1.165) is 13.0 Å². The summed E-state index contributed by atoms with van der Waals surface area (Å²) in [5.74, 6) is 0.894. The summed E-state index contributed by atoms with van der Waals surface area (Å²) in [6.07, 6.45) is 4.73. The molecule has 0 amide bonds. The Morgan fingerprint density at radius 3 is 2.94 bits per heavy atom. The zero-order valence-electron chi connectivity index (χ0n) is 10.3. The lowest BCUT2D eigenvalue weighted by atomic mass is 10.1. The number of ether oxygens (including phenoxy) is 1. The van der Waals surface area contributed by atoms with E-state index in [0.29, 0.717) is 11.9 Å². The average molecular weight is 252 g/mol. The van der Waals surface area contributed by atoms with Gasteiger partial charge in [-0.1, -0.05) is 0 Å². The summed E-state index contributed by atoms with van der Waals surface area (Å²) in [5, 5.41) is 5.97. The number of hydrogen-bond donors (Lipinski definition) is 2. The van der Waals surface area contributed by atoms with Crippen LogP contribution in [0.1, 0.15) is 19.3 Å². The Bertz CT molecular complexity index is 438. The number of aromatic nitrogens is 2. The van der Waals surface area contributed by atoms with Crippen molar-refractivity contribution < 1.29 is 9.13 Å². The molecule has 6 heteroatoms. The zero-order chi connectivity index (χ0) is 12.5. The van der Waals surface area contributed by atoms with Crippen molar-refractivity contribution in [2.45, 2.75) is 31.4 Å². The van der Waals surface area contributed by atoms with Gasteiger partial charge < -0.3 is 15.4 Å². The predicted octanol–water partition coefficient (Wildman–Crippen LogP) is 1.64. The first kappa shape index (κ1) is 11.6. The van der Waals surface area contributed by atoms with Crippen LogP contribution >= 0.6 is 0 Å². The summed E-state index contributed by atoms with van der Waals surface area (Å²) >= 11 is 0. The van der Waals surface area contributed by atoms with E-state index in [1.54, 1.807) is 7.05 Å². The minimum atomic E-state index is -0.421. The number of hydrogen-bond acceptors (Lipinski definition) is 5. The lowest BCUT2D eigenvalue weighted by Crippen LogP contribution is -2.31. The maximum atomic E-state index is 13.6. The van der Waals surface area contributed by atoms with Crippen molar-refractivity contribution in [3.05, 3.63) is 12.0 Å². The van der Waals surface area contributed by atoms with Crippen LogP contribution in [0.15, 0.2) is 6.20 Å². The summed E-state index contributed by atoms with van der Waals surface area (Å²) in [4.78, 5) is 7.93. The fourth-order valence-corrected chi connectivity index (χ4v) is 2.42. The molecule has 1 aliphatic heterocycles. The normalized spacial score (nSPS) is 27.2. The van der Waals surface area contributed by atoms with Crippen molar-refractivity contribution >= 4 is 11.8 Å². The van der Waals surface area contributed by atoms with Gasteiger partial charge >= 0.3 is 0 Å². The molecule has 2 aliphatic rings. The van der Waals surface area contributed by atoms with Crippen LogP contribution in [0.5, 0.6) is 0 Å². The minimum Gasteiger partial charge on any atom is -0.376 e. The van der Waals surface area contributed by atoms with Crippen LogP contribution < -0.4 is 10.6 Å². The van der Waals surface area contributed by atoms with Crippen LogP contribution in [0.25, 0.3) is 0 Å². The molecular formula is C12H17FN4O. The van der Waals surface area contributed by atoms with Gasteiger partial charge in [0.1, 0.15) is 0 Å². The number of rotatable bonds is 4. The van der Waals surface area contributed by atoms with Gasteiger partial charge in [0.05, 0.1) is 18.3 Å². The molecule has 0 bridgehead atoms. The van der Waals surface area contributed by atoms with Crippen LogP contribution in [0.4, 0.5) is 16.2 Å². The molecular weight excluding hydrogens is 235 g/mol. The first-order valence-electron chi connectivity index (χ1n) is 6.36. The van der Waals surface area contributed by atoms with Crippen LogP contribution in [-0.4, -0.2) is 35.8 Å². The Labute approximate surface area is 105 Å². The highest BCUT2D eigenvalue weighted by atomic mass is 19.1. The molecule has 3 rings (SSSR count). The van der Waals surface area contributed by atoms with E-state index in [9.17, 15) is 4.39 Å². The van der Waals surface area contributed by atoms with Crippen molar-refractivity contribution in [2.24, 2.45) is 5.92 Å². The van der Waals surface area contributed by atoms with Crippen LogP contribution in [0.3, 0.4) is 0 Å². The van der Waals surface area contributed by atoms with Gasteiger partial charge in [-0.05, 0) is 25.2 Å². The molecule has 2 atom stereocenters. The second kappa shape index (κ2) is 4.68. The van der Waals surface area contributed by atoms with E-state index in [1.165, 1.54) is 19.0 Å². The summed E-state index contributed by atoms with van der Waals surface area (Å²) in [7, 11) is 1.71. The maximum Gasteiger partial charge on any atom is 0.224 e. The lowest BCUT2D eigenvalue weighted by Gasteiger charge is -2.20. The molecule has 98 valence electrons. The lowest BCUT2D eigenvalue weighted by molar-refractivity contribution is 0.0897. The predicted molar refractivity (Wildman–Crippen MR) is 66.0 cm³/mol. The third-order valence-electron chi connectivity index (χ3n) is 3.51. The molecule has 0 aromatic carbocycles. The van der Waals surface area contributed by atoms with E-state index in [2.05, 4.69) is 20.6 Å². The first-order chi connectivity index (χ1) is 8.78. The van der Waals surface area contributed by atoms with Crippen molar-refractivity contribution in [1.82, 2.24) is 9.97 Å². The molecule has 0 spiro atoms. The Morgan fingerprint density at radius 2 is 2.22 bits per heavy atom. The van der Waals surface area contributed by atoms with E-state index in [4.69, 9.17) is 4.74 Å². The van der Waals surface area contributed by atoms with Gasteiger partial charge in [-0.2, -0.15) is 4.98 Å². The van der Waals surface area contributed by atoms with Gasteiger partial charge in [0.25, 0.3) is 0 Å². The number of nitrogens with zero attached hydrogens (tertiary/aromatic N) is 2. The standard InChI is InChI=1S/C12H17FN4O/c1-14-12-15-6-8(13)11(17-12)16-9-4-5-18-10(9)7-2-3-7/h6-7,9-10H,2-5H2,1H3,(H2,14,15,16,17). The second-order valence-electron chi connectivity index (χ2n) is 4.85. The molecule has 18 heavy (non-hydrogen) atoms. The molecule has 1 saturated heterocycles. The van der Waals surface area contributed by atoms with E-state index in [1.807, 2.05) is 0 Å². The molecule has 2 unspecified atom stereocenters. The average Bonchev–Trinajstić information content (AvgIpc) is 3.13. The summed E-state index contributed by atoms with van der Waals surface area (Å²) in [6.45, 7) is 0.740. The summed E-state index contributed by atoms with van der Waals surface area (Å²) < 4.78 is 19.4. The van der Waals surface area contributed by atoms with E-state index < -0.39 is 5.82 Å². The Hall–Kier alpha value is -1.43. The van der Waals surface area contributed by atoms with Crippen molar-refractivity contribution in [3.63, 3.8) is 0 Å². The van der Waals surface area contributed by atoms with Gasteiger partial charge in [0.2, 0.25) is 5.95 Å². The highest BCUT2D eigenvalue weighted by molar-refractivity contribution is 5.42. The summed E-state index contributed by atoms with van der Waals surface area (Å²) in [6, 6.07) is 0.159. The minimum absolute atomic E-state index is 0.159. The second-order valence-corrected chi connectivity index (χ2v) is 4.85. The van der Waals surface area contributed by atoms with Crippen LogP contribution in [0.2, 0.25) is 0 Å². The van der Waals surface area contributed by atoms with Crippen LogP contribution in [-0.2, 0) is 4.74 Å². The van der Waals surface area contributed by atoms with Gasteiger partial charge in [-0.15, -0.1) is 0 Å². The van der Waals surface area contributed by atoms with E-state index >= 15 is 0 Å². The fraction of sp³-hybridized carbons (Fsp3) is 0.667. The van der Waals surface area contributed by atoms with Gasteiger partial charge in [0.15, 0.2) is 11.6 Å². The summed E-state index contributed by atoms with van der Waals surface area (Å²) in [5.41, 5.74) is 0. The topological polar surface area (TPSA) is 59.1 Å². The molecule has 2 N–H and O–H groups in total. The number of anilines is 2. The molecule has 1 aliphatic carbocycles. The Kier molecular flexibility index (Phi) is 3.03. The highest BCUT2D eigenvalue weighted by Gasteiger charge is 2.40. The Balaban J connectivity index is 1.74. The molecule has 5 nitrogen and oxygen atoms in total. The SMILES string of the molecule is CNc1ncc(F)c(NC2CCOC2C2CC2)n1. The Morgan fingerprint density at radius 1 is 1.39 bits per heavy atom. The molecule has 1 aromatic rings. The maximum absolute atomic E-state index is 13.6. The smallest absolute Gasteiger partial charge is 0.224 e. The quantitative estimate of drug-likeness (QED) is 0.853. The van der Waals surface area contributed by atoms with E-state index in [-0.39, 0.29) is 18.0 Å². The molecule has 2 fully saturated rings. The highest BCUT2D eigenvalue weighted by Crippen LogP contribution is 2.39. The number of nitrogens with one attached hydrogen (secondary N) is 2. The largest absolute Gasteiger partial charge is 0.376 e. The molecule has 0 radical (unpaired) electrons. The zero-order valence-corrected chi connectivity index (χ0v) is 10.3. The molecule has 2 heterocycles. The third-order valence-corrected chi connectivity index (χ3v) is 3.51. The van der Waals surface area contributed by atoms with Gasteiger partial charge in [-0.3, -0.25) is 0 Å². The van der Waals surface area contributed by atoms with Crippen molar-refractivity contribution in [1.29, 1.82) is 0 Å². The van der Waals surface area contributed by atoms with Gasteiger partial charge in [0, 0.05) is 13.7 Å². The van der Waals surface area contributed by atoms with Crippen molar-refractivity contribution in [3.8, 4) is 0 Å².